The Morgan fingerprint density at radius 1 is 1.29 bits per heavy atom. The Bertz CT molecular complexity index is 613. The first kappa shape index (κ1) is 13.7. The monoisotopic (exact) mass is 285 g/mol. The van der Waals surface area contributed by atoms with Crippen LogP contribution in [-0.2, 0) is 7.05 Å². The highest BCUT2D eigenvalue weighted by atomic mass is 16.5. The molecule has 1 N–H and O–H groups in total. The number of hydrogen-bond donors (Lipinski definition) is 1. The van der Waals surface area contributed by atoms with Crippen LogP contribution in [0.15, 0.2) is 36.7 Å². The van der Waals surface area contributed by atoms with Gasteiger partial charge in [0.25, 0.3) is 5.91 Å². The van der Waals surface area contributed by atoms with Gasteiger partial charge in [-0.1, -0.05) is 0 Å². The van der Waals surface area contributed by atoms with E-state index in [-0.39, 0.29) is 5.91 Å². The number of ether oxygens (including phenoxy) is 1. The molecule has 0 radical (unpaired) electrons. The molecule has 1 aliphatic carbocycles. The number of nitrogens with one attached hydrogen (secondary N) is 1. The molecule has 0 bridgehead atoms. The lowest BCUT2D eigenvalue weighted by atomic mass is 10.2. The zero-order valence-corrected chi connectivity index (χ0v) is 12.1. The minimum Gasteiger partial charge on any atom is -0.490 e. The molecule has 1 fully saturated rings. The van der Waals surface area contributed by atoms with Crippen molar-refractivity contribution in [3.8, 4) is 5.75 Å². The highest BCUT2D eigenvalue weighted by Gasteiger charge is 2.16. The molecule has 1 amide bonds. The van der Waals surface area contributed by atoms with Crippen LogP contribution in [0, 0.1) is 0 Å². The summed E-state index contributed by atoms with van der Waals surface area (Å²) in [6.07, 6.45) is 8.46. The van der Waals surface area contributed by atoms with E-state index >= 15 is 0 Å². The fraction of sp³-hybridized carbons (Fsp3) is 0.375. The van der Waals surface area contributed by atoms with Gasteiger partial charge in [0.1, 0.15) is 5.75 Å². The van der Waals surface area contributed by atoms with Gasteiger partial charge in [0, 0.05) is 18.8 Å². The van der Waals surface area contributed by atoms with E-state index in [4.69, 9.17) is 4.74 Å². The van der Waals surface area contributed by atoms with E-state index in [2.05, 4.69) is 10.4 Å². The molecule has 1 saturated carbocycles. The molecule has 2 aromatic rings. The second-order valence-electron chi connectivity index (χ2n) is 5.41. The van der Waals surface area contributed by atoms with Gasteiger partial charge >= 0.3 is 0 Å². The van der Waals surface area contributed by atoms with Gasteiger partial charge in [0.05, 0.1) is 18.0 Å². The molecule has 1 heterocycles. The molecule has 3 rings (SSSR count). The van der Waals surface area contributed by atoms with E-state index in [0.29, 0.717) is 17.4 Å². The van der Waals surface area contributed by atoms with E-state index in [1.165, 1.54) is 12.8 Å². The summed E-state index contributed by atoms with van der Waals surface area (Å²) in [5.41, 5.74) is 1.30. The zero-order valence-electron chi connectivity index (χ0n) is 12.1. The summed E-state index contributed by atoms with van der Waals surface area (Å²) in [5.74, 6) is 0.690. The van der Waals surface area contributed by atoms with E-state index in [9.17, 15) is 4.79 Å². The lowest BCUT2D eigenvalue weighted by Crippen LogP contribution is -2.13. The van der Waals surface area contributed by atoms with Gasteiger partial charge in [0.15, 0.2) is 0 Å². The van der Waals surface area contributed by atoms with Crippen LogP contribution < -0.4 is 10.1 Å². The lowest BCUT2D eigenvalue weighted by Gasteiger charge is -2.13. The SMILES string of the molecule is Cn1cc(NC(=O)c2ccc(OC3CCCC3)cc2)cn1. The summed E-state index contributed by atoms with van der Waals surface area (Å²) < 4.78 is 7.53. The van der Waals surface area contributed by atoms with Gasteiger partial charge in [0.2, 0.25) is 0 Å². The minimum atomic E-state index is -0.143. The van der Waals surface area contributed by atoms with Crippen LogP contribution in [0.25, 0.3) is 0 Å². The molecule has 1 aromatic heterocycles. The lowest BCUT2D eigenvalue weighted by molar-refractivity contribution is 0.102. The van der Waals surface area contributed by atoms with Crippen molar-refractivity contribution >= 4 is 11.6 Å². The molecule has 5 nitrogen and oxygen atoms in total. The first-order chi connectivity index (χ1) is 10.2. The summed E-state index contributed by atoms with van der Waals surface area (Å²) in [7, 11) is 1.81. The molecule has 0 unspecified atom stereocenters. The first-order valence-electron chi connectivity index (χ1n) is 7.27. The molecule has 1 aliphatic rings. The summed E-state index contributed by atoms with van der Waals surface area (Å²) >= 11 is 0. The Hall–Kier alpha value is -2.30. The van der Waals surface area contributed by atoms with Crippen LogP contribution in [0.3, 0.4) is 0 Å². The maximum atomic E-state index is 12.1. The van der Waals surface area contributed by atoms with Gasteiger partial charge in [-0.2, -0.15) is 5.10 Å². The van der Waals surface area contributed by atoms with Crippen molar-refractivity contribution < 1.29 is 9.53 Å². The maximum Gasteiger partial charge on any atom is 0.255 e. The van der Waals surface area contributed by atoms with Gasteiger partial charge in [-0.15, -0.1) is 0 Å². The zero-order chi connectivity index (χ0) is 14.7. The summed E-state index contributed by atoms with van der Waals surface area (Å²) in [4.78, 5) is 12.1. The highest BCUT2D eigenvalue weighted by Crippen LogP contribution is 2.24. The van der Waals surface area contributed by atoms with Crippen molar-refractivity contribution in [1.29, 1.82) is 0 Å². The number of rotatable bonds is 4. The van der Waals surface area contributed by atoms with E-state index in [0.717, 1.165) is 18.6 Å². The predicted octanol–water partition coefficient (Wildman–Crippen LogP) is 2.99. The van der Waals surface area contributed by atoms with E-state index in [1.807, 2.05) is 19.2 Å². The van der Waals surface area contributed by atoms with Crippen LogP contribution in [0.4, 0.5) is 5.69 Å². The highest BCUT2D eigenvalue weighted by molar-refractivity contribution is 6.04. The van der Waals surface area contributed by atoms with Crippen LogP contribution in [0.2, 0.25) is 0 Å². The molecule has 0 aliphatic heterocycles. The average molecular weight is 285 g/mol. The number of nitrogens with zero attached hydrogens (tertiary/aromatic N) is 2. The molecular weight excluding hydrogens is 266 g/mol. The summed E-state index contributed by atoms with van der Waals surface area (Å²) in [6.45, 7) is 0. The fourth-order valence-corrected chi connectivity index (χ4v) is 2.57. The topological polar surface area (TPSA) is 56.2 Å². The van der Waals surface area contributed by atoms with Crippen LogP contribution in [0.5, 0.6) is 5.75 Å². The first-order valence-corrected chi connectivity index (χ1v) is 7.27. The quantitative estimate of drug-likeness (QED) is 0.939. The molecule has 0 atom stereocenters. The maximum absolute atomic E-state index is 12.1. The predicted molar refractivity (Wildman–Crippen MR) is 80.5 cm³/mol. The van der Waals surface area contributed by atoms with Crippen molar-refractivity contribution in [2.24, 2.45) is 7.05 Å². The molecule has 110 valence electrons. The molecular formula is C16H19N3O2. The standard InChI is InChI=1S/C16H19N3O2/c1-19-11-13(10-17-19)18-16(20)12-6-8-15(9-7-12)21-14-4-2-3-5-14/h6-11,14H,2-5H2,1H3,(H,18,20). The smallest absolute Gasteiger partial charge is 0.255 e. The Morgan fingerprint density at radius 3 is 2.62 bits per heavy atom. The van der Waals surface area contributed by atoms with Gasteiger partial charge < -0.3 is 10.1 Å². The largest absolute Gasteiger partial charge is 0.490 e. The number of hydrogen-bond acceptors (Lipinski definition) is 3. The number of aryl methyl sites for hydroxylation is 1. The number of amides is 1. The Balaban J connectivity index is 1.61. The third-order valence-electron chi connectivity index (χ3n) is 3.68. The molecule has 0 spiro atoms. The van der Waals surface area contributed by atoms with Crippen molar-refractivity contribution in [2.75, 3.05) is 5.32 Å². The van der Waals surface area contributed by atoms with Crippen LogP contribution in [-0.4, -0.2) is 21.8 Å². The molecule has 21 heavy (non-hydrogen) atoms. The number of benzene rings is 1. The van der Waals surface area contributed by atoms with Crippen LogP contribution >= 0.6 is 0 Å². The van der Waals surface area contributed by atoms with Crippen LogP contribution in [0.1, 0.15) is 36.0 Å². The van der Waals surface area contributed by atoms with Crippen molar-refractivity contribution in [3.63, 3.8) is 0 Å². The van der Waals surface area contributed by atoms with E-state index < -0.39 is 0 Å². The molecule has 5 heteroatoms. The number of carbonyl (C=O) groups excluding carboxylic acids is 1. The fourth-order valence-electron chi connectivity index (χ4n) is 2.57. The minimum absolute atomic E-state index is 0.143. The number of carbonyl (C=O) groups is 1. The molecule has 1 aromatic carbocycles. The third kappa shape index (κ3) is 3.42. The number of anilines is 1. The van der Waals surface area contributed by atoms with Gasteiger partial charge in [-0.25, -0.2) is 0 Å². The number of aromatic nitrogens is 2. The second kappa shape index (κ2) is 5.99. The van der Waals surface area contributed by atoms with Crippen molar-refractivity contribution in [3.05, 3.63) is 42.2 Å². The van der Waals surface area contributed by atoms with E-state index in [1.54, 1.807) is 29.2 Å². The summed E-state index contributed by atoms with van der Waals surface area (Å²) in [5, 5.41) is 6.83. The molecule has 0 saturated heterocycles. The second-order valence-corrected chi connectivity index (χ2v) is 5.41. The van der Waals surface area contributed by atoms with Gasteiger partial charge in [-0.3, -0.25) is 9.48 Å². The third-order valence-corrected chi connectivity index (χ3v) is 3.68. The Labute approximate surface area is 123 Å². The average Bonchev–Trinajstić information content (AvgIpc) is 3.12. The van der Waals surface area contributed by atoms with Crippen molar-refractivity contribution in [1.82, 2.24) is 9.78 Å². The van der Waals surface area contributed by atoms with Gasteiger partial charge in [-0.05, 0) is 49.9 Å². The normalized spacial score (nSPS) is 15.1. The summed E-state index contributed by atoms with van der Waals surface area (Å²) in [6, 6.07) is 7.29. The van der Waals surface area contributed by atoms with Crippen molar-refractivity contribution in [2.45, 2.75) is 31.8 Å². The Kier molecular flexibility index (Phi) is 3.90. The Morgan fingerprint density at radius 2 is 2.00 bits per heavy atom.